The van der Waals surface area contributed by atoms with E-state index in [0.717, 1.165) is 20.6 Å². The van der Waals surface area contributed by atoms with Gasteiger partial charge in [-0.3, -0.25) is 14.6 Å². The van der Waals surface area contributed by atoms with Crippen LogP contribution in [0.2, 0.25) is 0 Å². The highest BCUT2D eigenvalue weighted by Gasteiger charge is 2.18. The third-order valence-electron chi connectivity index (χ3n) is 4.02. The predicted molar refractivity (Wildman–Crippen MR) is 101 cm³/mol. The first kappa shape index (κ1) is 16.7. The van der Waals surface area contributed by atoms with Gasteiger partial charge in [0.1, 0.15) is 5.69 Å². The molecule has 0 unspecified atom stereocenters. The Balaban J connectivity index is 1.86. The number of halogens is 1. The fraction of sp³-hybridized carbons (Fsp3) is 0.235. The number of carbonyl (C=O) groups excluding carboxylic acids is 1. The van der Waals surface area contributed by atoms with Crippen LogP contribution in [0.5, 0.6) is 0 Å². The smallest absolute Gasteiger partial charge is 0.274 e. The number of hydrogen-bond donors (Lipinski definition) is 2. The summed E-state index contributed by atoms with van der Waals surface area (Å²) in [5.41, 5.74) is 5.37. The van der Waals surface area contributed by atoms with Crippen molar-refractivity contribution in [2.24, 2.45) is 0 Å². The van der Waals surface area contributed by atoms with Crippen LogP contribution in [0.4, 0.5) is 5.69 Å². The van der Waals surface area contributed by atoms with Crippen molar-refractivity contribution in [3.05, 3.63) is 62.2 Å². The first-order valence-electron chi connectivity index (χ1n) is 7.56. The summed E-state index contributed by atoms with van der Waals surface area (Å²) in [5, 5.41) is 14.1. The highest BCUT2D eigenvalue weighted by atomic mass is 127. The summed E-state index contributed by atoms with van der Waals surface area (Å²) in [7, 11) is 0. The minimum absolute atomic E-state index is 0.210. The number of hydrogen-bond acceptors (Lipinski definition) is 3. The number of benzene rings is 1. The lowest BCUT2D eigenvalue weighted by atomic mass is 10.1. The maximum absolute atomic E-state index is 12.4. The second-order valence-corrected chi connectivity index (χ2v) is 6.84. The van der Waals surface area contributed by atoms with Crippen LogP contribution in [0.1, 0.15) is 33.0 Å². The standard InChI is InChI=1S/C17H18IN5O/c1-10-6-4-5-7-13(10)9-23-12(3)15(11(2)22-23)20-17(24)16-14(18)8-19-21-16/h4-8H,9H2,1-3H3,(H,19,21)(H,20,24). The number of nitrogens with zero attached hydrogens (tertiary/aromatic N) is 3. The van der Waals surface area contributed by atoms with Crippen molar-refractivity contribution in [1.29, 1.82) is 0 Å². The van der Waals surface area contributed by atoms with Gasteiger partial charge < -0.3 is 5.32 Å². The van der Waals surface area contributed by atoms with Crippen LogP contribution in [0.15, 0.2) is 30.5 Å². The summed E-state index contributed by atoms with van der Waals surface area (Å²) >= 11 is 2.08. The molecule has 2 heterocycles. The number of rotatable bonds is 4. The lowest BCUT2D eigenvalue weighted by Gasteiger charge is -2.09. The third-order valence-corrected chi connectivity index (χ3v) is 4.84. The van der Waals surface area contributed by atoms with Crippen molar-refractivity contribution in [3.8, 4) is 0 Å². The highest BCUT2D eigenvalue weighted by molar-refractivity contribution is 14.1. The van der Waals surface area contributed by atoms with Gasteiger partial charge in [-0.05, 0) is 54.5 Å². The summed E-state index contributed by atoms with van der Waals surface area (Å²) in [4.78, 5) is 12.4. The number of carbonyl (C=O) groups is 1. The molecule has 0 aliphatic carbocycles. The van der Waals surface area contributed by atoms with Crippen molar-refractivity contribution in [1.82, 2.24) is 20.0 Å². The molecule has 0 atom stereocenters. The van der Waals surface area contributed by atoms with Crippen molar-refractivity contribution in [3.63, 3.8) is 0 Å². The molecule has 0 radical (unpaired) electrons. The Morgan fingerprint density at radius 1 is 1.29 bits per heavy atom. The molecule has 3 aromatic rings. The molecule has 0 bridgehead atoms. The summed E-state index contributed by atoms with van der Waals surface area (Å²) < 4.78 is 2.71. The van der Waals surface area contributed by atoms with Crippen molar-refractivity contribution >= 4 is 34.2 Å². The molecule has 0 fully saturated rings. The Labute approximate surface area is 153 Å². The summed E-state index contributed by atoms with van der Waals surface area (Å²) in [6, 6.07) is 8.23. The van der Waals surface area contributed by atoms with E-state index in [1.54, 1.807) is 6.20 Å². The molecule has 0 saturated carbocycles. The highest BCUT2D eigenvalue weighted by Crippen LogP contribution is 2.22. The van der Waals surface area contributed by atoms with E-state index >= 15 is 0 Å². The zero-order valence-electron chi connectivity index (χ0n) is 13.7. The van der Waals surface area contributed by atoms with E-state index < -0.39 is 0 Å². The minimum atomic E-state index is -0.210. The minimum Gasteiger partial charge on any atom is -0.317 e. The normalized spacial score (nSPS) is 10.8. The second kappa shape index (κ2) is 6.76. The Bertz CT molecular complexity index is 896. The average molecular weight is 435 g/mol. The van der Waals surface area contributed by atoms with Gasteiger partial charge in [-0.1, -0.05) is 24.3 Å². The van der Waals surface area contributed by atoms with Gasteiger partial charge in [0, 0.05) is 0 Å². The lowest BCUT2D eigenvalue weighted by molar-refractivity contribution is 0.102. The largest absolute Gasteiger partial charge is 0.317 e. The van der Waals surface area contributed by atoms with Crippen LogP contribution in [0, 0.1) is 24.3 Å². The summed E-state index contributed by atoms with van der Waals surface area (Å²) in [6.45, 7) is 6.63. The van der Waals surface area contributed by atoms with Crippen LogP contribution < -0.4 is 5.32 Å². The van der Waals surface area contributed by atoms with E-state index in [0.29, 0.717) is 12.2 Å². The van der Waals surface area contributed by atoms with Gasteiger partial charge in [0.2, 0.25) is 0 Å². The Morgan fingerprint density at radius 2 is 2.04 bits per heavy atom. The monoisotopic (exact) mass is 435 g/mol. The van der Waals surface area contributed by atoms with Crippen molar-refractivity contribution < 1.29 is 4.79 Å². The molecule has 24 heavy (non-hydrogen) atoms. The number of amides is 1. The average Bonchev–Trinajstić information content (AvgIpc) is 3.08. The molecule has 0 saturated heterocycles. The molecule has 1 aromatic carbocycles. The van der Waals surface area contributed by atoms with Crippen LogP contribution in [0.25, 0.3) is 0 Å². The van der Waals surface area contributed by atoms with Crippen molar-refractivity contribution in [2.75, 3.05) is 5.32 Å². The maximum Gasteiger partial charge on any atom is 0.274 e. The van der Waals surface area contributed by atoms with Gasteiger partial charge in [-0.2, -0.15) is 10.2 Å². The van der Waals surface area contributed by atoms with Gasteiger partial charge in [-0.25, -0.2) is 0 Å². The first-order chi connectivity index (χ1) is 11.5. The Hall–Kier alpha value is -2.16. The second-order valence-electron chi connectivity index (χ2n) is 5.68. The molecule has 0 aliphatic heterocycles. The summed E-state index contributed by atoms with van der Waals surface area (Å²) in [5.74, 6) is -0.210. The van der Waals surface area contributed by atoms with E-state index in [4.69, 9.17) is 0 Å². The fourth-order valence-corrected chi connectivity index (χ4v) is 3.09. The Kier molecular flexibility index (Phi) is 4.70. The lowest BCUT2D eigenvalue weighted by Crippen LogP contribution is -2.15. The summed E-state index contributed by atoms with van der Waals surface area (Å²) in [6.07, 6.45) is 1.62. The predicted octanol–water partition coefficient (Wildman–Crippen LogP) is 3.44. The van der Waals surface area contributed by atoms with Crippen LogP contribution >= 0.6 is 22.6 Å². The van der Waals surface area contributed by atoms with E-state index in [2.05, 4.69) is 62.3 Å². The topological polar surface area (TPSA) is 75.6 Å². The molecule has 0 aliphatic rings. The van der Waals surface area contributed by atoms with Gasteiger partial charge in [0.25, 0.3) is 5.91 Å². The molecule has 7 heteroatoms. The number of H-pyrrole nitrogens is 1. The zero-order valence-corrected chi connectivity index (χ0v) is 15.9. The number of nitrogens with one attached hydrogen (secondary N) is 2. The van der Waals surface area contributed by atoms with Crippen LogP contribution in [-0.2, 0) is 6.54 Å². The van der Waals surface area contributed by atoms with E-state index in [1.807, 2.05) is 30.7 Å². The molecule has 2 aromatic heterocycles. The maximum atomic E-state index is 12.4. The van der Waals surface area contributed by atoms with Crippen LogP contribution in [-0.4, -0.2) is 25.9 Å². The number of aromatic amines is 1. The molecular formula is C17H18IN5O. The first-order valence-corrected chi connectivity index (χ1v) is 8.64. The zero-order chi connectivity index (χ0) is 17.3. The van der Waals surface area contributed by atoms with E-state index in [-0.39, 0.29) is 5.91 Å². The molecule has 0 spiro atoms. The molecule has 1 amide bonds. The molecular weight excluding hydrogens is 417 g/mol. The number of aryl methyl sites for hydroxylation is 2. The van der Waals surface area contributed by atoms with Gasteiger partial charge in [0.15, 0.2) is 0 Å². The van der Waals surface area contributed by atoms with Crippen LogP contribution in [0.3, 0.4) is 0 Å². The van der Waals surface area contributed by atoms with Gasteiger partial charge in [0.05, 0.1) is 33.4 Å². The third kappa shape index (κ3) is 3.21. The molecule has 3 rings (SSSR count). The number of aromatic nitrogens is 4. The van der Waals surface area contributed by atoms with E-state index in [9.17, 15) is 4.79 Å². The Morgan fingerprint density at radius 3 is 2.71 bits per heavy atom. The van der Waals surface area contributed by atoms with Crippen molar-refractivity contribution in [2.45, 2.75) is 27.3 Å². The molecule has 2 N–H and O–H groups in total. The molecule has 6 nitrogen and oxygen atoms in total. The van der Waals surface area contributed by atoms with Gasteiger partial charge in [-0.15, -0.1) is 0 Å². The molecule has 124 valence electrons. The van der Waals surface area contributed by atoms with E-state index in [1.165, 1.54) is 11.1 Å². The van der Waals surface area contributed by atoms with Gasteiger partial charge >= 0.3 is 0 Å². The SMILES string of the molecule is Cc1ccccc1Cn1nc(C)c(NC(=O)c2[nH]ncc2I)c1C. The number of anilines is 1. The fourth-order valence-electron chi connectivity index (χ4n) is 2.59. The quantitative estimate of drug-likeness (QED) is 0.617.